The molecule has 0 saturated carbocycles. The Kier molecular flexibility index (Phi) is 10.4. The van der Waals surface area contributed by atoms with Crippen LogP contribution in [-0.2, 0) is 20.8 Å². The van der Waals surface area contributed by atoms with Crippen molar-refractivity contribution in [2.45, 2.75) is 57.2 Å². The molecule has 10 heteroatoms. The number of rotatable bonds is 11. The van der Waals surface area contributed by atoms with Crippen molar-refractivity contribution in [2.75, 3.05) is 0 Å². The molecule has 202 valence electrons. The molecular formula is C28H36N6O4. The highest BCUT2D eigenvalue weighted by Gasteiger charge is 2.27. The lowest BCUT2D eigenvalue weighted by Crippen LogP contribution is -2.57. The minimum absolute atomic E-state index is 0.234. The van der Waals surface area contributed by atoms with E-state index in [0.29, 0.717) is 18.8 Å². The van der Waals surface area contributed by atoms with Gasteiger partial charge in [-0.15, -0.1) is 0 Å². The highest BCUT2D eigenvalue weighted by Crippen LogP contribution is 2.30. The van der Waals surface area contributed by atoms with E-state index in [9.17, 15) is 19.2 Å². The van der Waals surface area contributed by atoms with Gasteiger partial charge in [0.05, 0.1) is 6.04 Å². The minimum atomic E-state index is -0.997. The topological polar surface area (TPSA) is 168 Å². The monoisotopic (exact) mass is 520 g/mol. The number of hydrogen-bond donors (Lipinski definition) is 6. The van der Waals surface area contributed by atoms with Gasteiger partial charge in [0.15, 0.2) is 0 Å². The molecule has 0 aliphatic heterocycles. The van der Waals surface area contributed by atoms with Gasteiger partial charge in [0, 0.05) is 12.3 Å². The summed E-state index contributed by atoms with van der Waals surface area (Å²) in [6.45, 7) is 1.74. The lowest BCUT2D eigenvalue weighted by atomic mass is 9.84. The lowest BCUT2D eigenvalue weighted by molar-refractivity contribution is -0.128. The average Bonchev–Trinajstić information content (AvgIpc) is 2.93. The van der Waals surface area contributed by atoms with Crippen LogP contribution in [0.25, 0.3) is 0 Å². The highest BCUT2D eigenvalue weighted by atomic mass is 16.2. The van der Waals surface area contributed by atoms with E-state index >= 15 is 0 Å². The lowest BCUT2D eigenvalue weighted by Gasteiger charge is -2.25. The summed E-state index contributed by atoms with van der Waals surface area (Å²) in [6, 6.07) is 5.97. The fourth-order valence-corrected chi connectivity index (χ4v) is 4.21. The number of nitrogens with two attached hydrogens (primary N) is 2. The van der Waals surface area contributed by atoms with Gasteiger partial charge >= 0.3 is 6.03 Å². The Morgan fingerprint density at radius 2 is 1.76 bits per heavy atom. The van der Waals surface area contributed by atoms with Crippen molar-refractivity contribution in [3.63, 3.8) is 0 Å². The van der Waals surface area contributed by atoms with Crippen LogP contribution in [0, 0.1) is 5.92 Å². The van der Waals surface area contributed by atoms with Crippen molar-refractivity contribution in [2.24, 2.45) is 17.4 Å². The maximum Gasteiger partial charge on any atom is 0.334 e. The highest BCUT2D eigenvalue weighted by molar-refractivity contribution is 5.92. The quantitative estimate of drug-likeness (QED) is 0.242. The number of primary amides is 1. The molecule has 3 rings (SSSR count). The first kappa shape index (κ1) is 28.4. The molecule has 1 aromatic carbocycles. The van der Waals surface area contributed by atoms with Gasteiger partial charge in [-0.25, -0.2) is 10.2 Å². The fourth-order valence-electron chi connectivity index (χ4n) is 4.21. The summed E-state index contributed by atoms with van der Waals surface area (Å²) in [5, 5.41) is 5.28. The first-order chi connectivity index (χ1) is 18.3. The molecular weight excluding hydrogens is 484 g/mol. The first-order valence-corrected chi connectivity index (χ1v) is 12.8. The summed E-state index contributed by atoms with van der Waals surface area (Å²) in [5.41, 5.74) is 18.8. The van der Waals surface area contributed by atoms with E-state index in [-0.39, 0.29) is 12.8 Å². The Hall–Kier alpha value is -4.18. The third-order valence-corrected chi connectivity index (χ3v) is 6.52. The molecule has 4 atom stereocenters. The number of carbonyl (C=O) groups is 4. The predicted octanol–water partition coefficient (Wildman–Crippen LogP) is 1.41. The Morgan fingerprint density at radius 1 is 1.00 bits per heavy atom. The number of benzene rings is 1. The summed E-state index contributed by atoms with van der Waals surface area (Å²) in [6.07, 6.45) is 14.4. The summed E-state index contributed by atoms with van der Waals surface area (Å²) >= 11 is 0. The number of fused-ring (bicyclic) bond motifs is 1. The summed E-state index contributed by atoms with van der Waals surface area (Å²) < 4.78 is 0. The Balaban J connectivity index is 1.66. The third-order valence-electron chi connectivity index (χ3n) is 6.52. The second-order valence-electron chi connectivity index (χ2n) is 9.36. The number of hydrogen-bond acceptors (Lipinski definition) is 5. The molecule has 38 heavy (non-hydrogen) atoms. The van der Waals surface area contributed by atoms with Gasteiger partial charge in [-0.1, -0.05) is 73.7 Å². The van der Waals surface area contributed by atoms with Crippen molar-refractivity contribution in [1.82, 2.24) is 21.5 Å². The maximum absolute atomic E-state index is 13.3. The molecule has 0 bridgehead atoms. The van der Waals surface area contributed by atoms with Crippen molar-refractivity contribution < 1.29 is 19.2 Å². The molecule has 0 fully saturated rings. The van der Waals surface area contributed by atoms with Crippen LogP contribution in [0.3, 0.4) is 0 Å². The second-order valence-corrected chi connectivity index (χ2v) is 9.36. The van der Waals surface area contributed by atoms with Crippen molar-refractivity contribution in [3.05, 3.63) is 83.5 Å². The van der Waals surface area contributed by atoms with Crippen molar-refractivity contribution in [1.29, 1.82) is 0 Å². The van der Waals surface area contributed by atoms with E-state index < -0.39 is 41.9 Å². The number of amides is 5. The van der Waals surface area contributed by atoms with Crippen LogP contribution >= 0.6 is 0 Å². The van der Waals surface area contributed by atoms with Gasteiger partial charge < -0.3 is 22.1 Å². The van der Waals surface area contributed by atoms with Crippen LogP contribution in [0.15, 0.2) is 77.9 Å². The standard InChI is InChI=1S/C28H36N6O4/c1-2-22(29)26(36)33-34-28(38)32-23(15-13-18-8-4-3-5-9-18)27(37)31-24(25(30)35)17-19-12-14-20-10-6-7-11-21(20)16-19/h3-12,16,20,22-24H,2,13-15,17,29H2,1H3,(H2,30,35)(H,31,37)(H,33,36)(H2,32,34,38)/t20?,22-,23-,24-/m0/s1. The number of nitrogens with one attached hydrogen (secondary N) is 4. The van der Waals surface area contributed by atoms with Crippen LogP contribution in [0.5, 0.6) is 0 Å². The van der Waals surface area contributed by atoms with Gasteiger partial charge in [-0.3, -0.25) is 19.8 Å². The molecule has 0 heterocycles. The molecule has 0 aromatic heterocycles. The van der Waals surface area contributed by atoms with E-state index in [0.717, 1.165) is 23.1 Å². The van der Waals surface area contributed by atoms with Gasteiger partial charge in [-0.05, 0) is 42.4 Å². The zero-order valence-electron chi connectivity index (χ0n) is 21.5. The van der Waals surface area contributed by atoms with Crippen LogP contribution < -0.4 is 33.0 Å². The number of aryl methyl sites for hydroxylation is 1. The number of hydrazine groups is 1. The Labute approximate surface area is 222 Å². The van der Waals surface area contributed by atoms with Gasteiger partial charge in [0.1, 0.15) is 12.1 Å². The second kappa shape index (κ2) is 13.9. The molecule has 1 unspecified atom stereocenters. The zero-order valence-corrected chi connectivity index (χ0v) is 21.5. The SMILES string of the molecule is CC[C@H](N)C(=O)NNC(=O)N[C@@H](CCc1ccccc1)C(=O)N[C@@H](CC1=CCC2C=CC=CC2=C1)C(N)=O. The van der Waals surface area contributed by atoms with Gasteiger partial charge in [0.25, 0.3) is 5.91 Å². The molecule has 0 saturated heterocycles. The molecule has 0 spiro atoms. The van der Waals surface area contributed by atoms with Crippen molar-refractivity contribution >= 4 is 23.8 Å². The molecule has 0 radical (unpaired) electrons. The molecule has 5 amide bonds. The Bertz CT molecular complexity index is 1140. The summed E-state index contributed by atoms with van der Waals surface area (Å²) in [4.78, 5) is 49.9. The van der Waals surface area contributed by atoms with E-state index in [1.165, 1.54) is 0 Å². The number of carbonyl (C=O) groups excluding carboxylic acids is 4. The Morgan fingerprint density at radius 3 is 2.47 bits per heavy atom. The summed E-state index contributed by atoms with van der Waals surface area (Å²) in [7, 11) is 0. The van der Waals surface area contributed by atoms with E-state index in [4.69, 9.17) is 11.5 Å². The number of urea groups is 1. The fraction of sp³-hybridized carbons (Fsp3) is 0.357. The number of allylic oxidation sites excluding steroid dienone is 7. The molecule has 2 aliphatic carbocycles. The van der Waals surface area contributed by atoms with Crippen molar-refractivity contribution in [3.8, 4) is 0 Å². The maximum atomic E-state index is 13.3. The summed E-state index contributed by atoms with van der Waals surface area (Å²) in [5.74, 6) is -1.48. The molecule has 8 N–H and O–H groups in total. The average molecular weight is 521 g/mol. The van der Waals surface area contributed by atoms with Crippen LogP contribution in [0.4, 0.5) is 4.79 Å². The first-order valence-electron chi connectivity index (χ1n) is 12.8. The largest absolute Gasteiger partial charge is 0.368 e. The van der Waals surface area contributed by atoms with E-state index in [1.54, 1.807) is 6.92 Å². The predicted molar refractivity (Wildman–Crippen MR) is 145 cm³/mol. The molecule has 1 aromatic rings. The normalized spacial score (nSPS) is 18.1. The minimum Gasteiger partial charge on any atom is -0.368 e. The third kappa shape index (κ3) is 8.45. The van der Waals surface area contributed by atoms with E-state index in [2.05, 4.69) is 27.6 Å². The molecule has 10 nitrogen and oxygen atoms in total. The van der Waals surface area contributed by atoms with Crippen LogP contribution in [0.1, 0.15) is 38.2 Å². The van der Waals surface area contributed by atoms with E-state index in [1.807, 2.05) is 60.7 Å². The van der Waals surface area contributed by atoms with Crippen LogP contribution in [-0.4, -0.2) is 41.9 Å². The zero-order chi connectivity index (χ0) is 27.5. The smallest absolute Gasteiger partial charge is 0.334 e. The van der Waals surface area contributed by atoms with Gasteiger partial charge in [-0.2, -0.15) is 0 Å². The van der Waals surface area contributed by atoms with Gasteiger partial charge in [0.2, 0.25) is 11.8 Å². The molecule has 2 aliphatic rings. The van der Waals surface area contributed by atoms with Crippen LogP contribution in [0.2, 0.25) is 0 Å².